The topological polar surface area (TPSA) is 67.2 Å². The SMILES string of the molecule is CCCCNC(=O)N(Cc1ccccc1)C(C)c1nc2ccccc2c(=O)n1C. The number of nitrogens with zero attached hydrogens (tertiary/aromatic N) is 3. The van der Waals surface area contributed by atoms with E-state index in [0.717, 1.165) is 18.4 Å². The molecule has 1 atom stereocenters. The summed E-state index contributed by atoms with van der Waals surface area (Å²) < 4.78 is 1.55. The fourth-order valence-corrected chi connectivity index (χ4v) is 3.39. The number of unbranched alkanes of at least 4 members (excludes halogenated alkanes) is 1. The van der Waals surface area contributed by atoms with E-state index in [1.807, 2.05) is 55.5 Å². The van der Waals surface area contributed by atoms with Gasteiger partial charge in [0.15, 0.2) is 0 Å². The lowest BCUT2D eigenvalue weighted by Gasteiger charge is -2.30. The van der Waals surface area contributed by atoms with Gasteiger partial charge in [-0.15, -0.1) is 0 Å². The summed E-state index contributed by atoms with van der Waals surface area (Å²) >= 11 is 0. The minimum atomic E-state index is -0.376. The van der Waals surface area contributed by atoms with Crippen LogP contribution < -0.4 is 10.9 Å². The summed E-state index contributed by atoms with van der Waals surface area (Å²) in [6.07, 6.45) is 1.93. The number of aromatic nitrogens is 2. The number of hydrogen-bond donors (Lipinski definition) is 1. The third-order valence-electron chi connectivity index (χ3n) is 5.12. The fourth-order valence-electron chi connectivity index (χ4n) is 3.39. The molecule has 1 aromatic heterocycles. The quantitative estimate of drug-likeness (QED) is 0.618. The second-order valence-electron chi connectivity index (χ2n) is 7.23. The van der Waals surface area contributed by atoms with Gasteiger partial charge in [0.2, 0.25) is 0 Å². The third-order valence-corrected chi connectivity index (χ3v) is 5.12. The largest absolute Gasteiger partial charge is 0.338 e. The first-order valence-corrected chi connectivity index (χ1v) is 10.1. The summed E-state index contributed by atoms with van der Waals surface area (Å²) in [4.78, 5) is 32.3. The van der Waals surface area contributed by atoms with Crippen molar-refractivity contribution in [3.63, 3.8) is 0 Å². The number of urea groups is 1. The first-order valence-electron chi connectivity index (χ1n) is 10.1. The zero-order chi connectivity index (χ0) is 20.8. The van der Waals surface area contributed by atoms with Crippen molar-refractivity contribution < 1.29 is 4.79 Å². The number of amides is 2. The van der Waals surface area contributed by atoms with Gasteiger partial charge >= 0.3 is 6.03 Å². The minimum Gasteiger partial charge on any atom is -0.338 e. The van der Waals surface area contributed by atoms with Crippen LogP contribution in [0.15, 0.2) is 59.4 Å². The summed E-state index contributed by atoms with van der Waals surface area (Å²) in [6.45, 7) is 5.06. The highest BCUT2D eigenvalue weighted by Crippen LogP contribution is 2.22. The van der Waals surface area contributed by atoms with Crippen molar-refractivity contribution >= 4 is 16.9 Å². The Morgan fingerprint density at radius 3 is 2.55 bits per heavy atom. The van der Waals surface area contributed by atoms with Gasteiger partial charge in [0.05, 0.1) is 16.9 Å². The van der Waals surface area contributed by atoms with Crippen molar-refractivity contribution in [2.45, 2.75) is 39.3 Å². The molecule has 0 saturated carbocycles. The van der Waals surface area contributed by atoms with Gasteiger partial charge in [0.1, 0.15) is 5.82 Å². The molecule has 2 aromatic carbocycles. The molecule has 2 amide bonds. The molecule has 0 spiro atoms. The minimum absolute atomic E-state index is 0.108. The molecule has 3 aromatic rings. The van der Waals surface area contributed by atoms with Crippen molar-refractivity contribution in [2.75, 3.05) is 6.54 Å². The molecular weight excluding hydrogens is 364 g/mol. The standard InChI is InChI=1S/C23H28N4O2/c1-4-5-15-24-23(29)27(16-18-11-7-6-8-12-18)17(2)21-25-20-14-10-9-13-19(20)22(28)26(21)3/h6-14,17H,4-5,15-16H2,1-3H3,(H,24,29). The fraction of sp³-hybridized carbons (Fsp3) is 0.348. The maximum Gasteiger partial charge on any atom is 0.318 e. The van der Waals surface area contributed by atoms with Gasteiger partial charge in [-0.3, -0.25) is 9.36 Å². The second-order valence-corrected chi connectivity index (χ2v) is 7.23. The number of hydrogen-bond acceptors (Lipinski definition) is 3. The Balaban J connectivity index is 1.98. The van der Waals surface area contributed by atoms with Crippen LogP contribution >= 0.6 is 0 Å². The van der Waals surface area contributed by atoms with E-state index in [1.54, 1.807) is 22.6 Å². The molecule has 6 nitrogen and oxygen atoms in total. The average molecular weight is 393 g/mol. The van der Waals surface area contributed by atoms with Gasteiger partial charge in [0.25, 0.3) is 5.56 Å². The summed E-state index contributed by atoms with van der Waals surface area (Å²) in [7, 11) is 1.71. The van der Waals surface area contributed by atoms with Gasteiger partial charge in [-0.25, -0.2) is 9.78 Å². The van der Waals surface area contributed by atoms with Crippen molar-refractivity contribution in [3.8, 4) is 0 Å². The van der Waals surface area contributed by atoms with Gasteiger partial charge in [-0.1, -0.05) is 55.8 Å². The molecule has 1 unspecified atom stereocenters. The number of para-hydroxylation sites is 1. The maximum absolute atomic E-state index is 13.0. The van der Waals surface area contributed by atoms with Crippen LogP contribution in [-0.2, 0) is 13.6 Å². The first kappa shape index (κ1) is 20.6. The molecule has 1 N–H and O–H groups in total. The smallest absolute Gasteiger partial charge is 0.318 e. The van der Waals surface area contributed by atoms with Gasteiger partial charge in [-0.2, -0.15) is 0 Å². The number of carbonyl (C=O) groups excluding carboxylic acids is 1. The molecular formula is C23H28N4O2. The molecule has 0 radical (unpaired) electrons. The lowest BCUT2D eigenvalue weighted by Crippen LogP contribution is -2.43. The molecule has 0 aliphatic heterocycles. The molecule has 0 saturated heterocycles. The molecule has 29 heavy (non-hydrogen) atoms. The predicted octanol–water partition coefficient (Wildman–Crippen LogP) is 4.01. The molecule has 3 rings (SSSR count). The Hall–Kier alpha value is -3.15. The van der Waals surface area contributed by atoms with Crippen molar-refractivity contribution in [3.05, 3.63) is 76.3 Å². The van der Waals surface area contributed by atoms with Crippen LogP contribution in [0.1, 0.15) is 44.1 Å². The van der Waals surface area contributed by atoms with E-state index < -0.39 is 0 Å². The van der Waals surface area contributed by atoms with E-state index in [2.05, 4.69) is 12.2 Å². The zero-order valence-electron chi connectivity index (χ0n) is 17.3. The van der Waals surface area contributed by atoms with Crippen LogP contribution in [-0.4, -0.2) is 27.0 Å². The van der Waals surface area contributed by atoms with Crippen LogP contribution in [0.2, 0.25) is 0 Å². The van der Waals surface area contributed by atoms with Gasteiger partial charge in [0, 0.05) is 20.1 Å². The van der Waals surface area contributed by atoms with E-state index in [9.17, 15) is 9.59 Å². The summed E-state index contributed by atoms with van der Waals surface area (Å²) in [6, 6.07) is 16.6. The normalized spacial score (nSPS) is 12.0. The number of carbonyl (C=O) groups is 1. The monoisotopic (exact) mass is 392 g/mol. The van der Waals surface area contributed by atoms with E-state index in [4.69, 9.17) is 4.98 Å². The Kier molecular flexibility index (Phi) is 6.65. The second kappa shape index (κ2) is 9.37. The molecule has 0 fully saturated rings. The first-order chi connectivity index (χ1) is 14.0. The average Bonchev–Trinajstić information content (AvgIpc) is 2.75. The molecule has 0 bridgehead atoms. The Morgan fingerprint density at radius 2 is 1.83 bits per heavy atom. The lowest BCUT2D eigenvalue weighted by atomic mass is 10.1. The highest BCUT2D eigenvalue weighted by molar-refractivity contribution is 5.78. The van der Waals surface area contributed by atoms with Crippen molar-refractivity contribution in [2.24, 2.45) is 7.05 Å². The van der Waals surface area contributed by atoms with Crippen LogP contribution in [0.25, 0.3) is 10.9 Å². The van der Waals surface area contributed by atoms with E-state index in [0.29, 0.717) is 29.8 Å². The van der Waals surface area contributed by atoms with Crippen LogP contribution in [0.3, 0.4) is 0 Å². The van der Waals surface area contributed by atoms with Crippen LogP contribution in [0.5, 0.6) is 0 Å². The summed E-state index contributed by atoms with van der Waals surface area (Å²) in [5.41, 5.74) is 1.56. The molecule has 1 heterocycles. The molecule has 0 aliphatic carbocycles. The summed E-state index contributed by atoms with van der Waals surface area (Å²) in [5.74, 6) is 0.565. The van der Waals surface area contributed by atoms with E-state index in [-0.39, 0.29) is 17.6 Å². The Bertz CT molecular complexity index is 1030. The maximum atomic E-state index is 13.0. The van der Waals surface area contributed by atoms with Crippen LogP contribution in [0.4, 0.5) is 4.79 Å². The zero-order valence-corrected chi connectivity index (χ0v) is 17.3. The van der Waals surface area contributed by atoms with Crippen molar-refractivity contribution in [1.82, 2.24) is 19.8 Å². The summed E-state index contributed by atoms with van der Waals surface area (Å²) in [5, 5.41) is 3.57. The van der Waals surface area contributed by atoms with E-state index in [1.165, 1.54) is 0 Å². The predicted molar refractivity (Wildman–Crippen MR) is 116 cm³/mol. The lowest BCUT2D eigenvalue weighted by molar-refractivity contribution is 0.171. The highest BCUT2D eigenvalue weighted by atomic mass is 16.2. The number of rotatable bonds is 7. The Labute approximate surface area is 171 Å². The number of nitrogens with one attached hydrogen (secondary N) is 1. The number of fused-ring (bicyclic) bond motifs is 1. The van der Waals surface area contributed by atoms with Gasteiger partial charge in [-0.05, 0) is 31.0 Å². The number of benzene rings is 2. The van der Waals surface area contributed by atoms with Crippen LogP contribution in [0, 0.1) is 0 Å². The molecule has 152 valence electrons. The Morgan fingerprint density at radius 1 is 1.14 bits per heavy atom. The van der Waals surface area contributed by atoms with E-state index >= 15 is 0 Å². The molecule has 0 aliphatic rings. The molecule has 6 heteroatoms. The highest BCUT2D eigenvalue weighted by Gasteiger charge is 2.25. The van der Waals surface area contributed by atoms with Gasteiger partial charge < -0.3 is 10.2 Å². The third kappa shape index (κ3) is 4.65. The van der Waals surface area contributed by atoms with Crippen molar-refractivity contribution in [1.29, 1.82) is 0 Å².